The maximum Gasteiger partial charge on any atom is 0.244 e. The number of fused-ring (bicyclic) bond motifs is 1. The van der Waals surface area contributed by atoms with Crippen LogP contribution in [-0.4, -0.2) is 33.3 Å². The van der Waals surface area contributed by atoms with Crippen LogP contribution in [0.4, 0.5) is 0 Å². The number of amides is 1. The Hall–Kier alpha value is -3.15. The van der Waals surface area contributed by atoms with Gasteiger partial charge in [-0.2, -0.15) is 0 Å². The maximum absolute atomic E-state index is 12.1. The van der Waals surface area contributed by atoms with Crippen LogP contribution in [0, 0.1) is 0 Å². The lowest BCUT2D eigenvalue weighted by atomic mass is 10.1. The SMILES string of the molecule is COc1cccc(CNC(=O)/C=C/c2cc(OC)c3c(c2)OCCO3)c1. The van der Waals surface area contributed by atoms with Crippen LogP contribution in [0.25, 0.3) is 6.08 Å². The van der Waals surface area contributed by atoms with E-state index in [1.807, 2.05) is 30.3 Å². The molecule has 0 spiro atoms. The first kappa shape index (κ1) is 17.7. The number of carbonyl (C=O) groups excluding carboxylic acids is 1. The minimum atomic E-state index is -0.193. The fraction of sp³-hybridized carbons (Fsp3) is 0.250. The van der Waals surface area contributed by atoms with E-state index in [-0.39, 0.29) is 5.91 Å². The second-order valence-corrected chi connectivity index (χ2v) is 5.65. The molecule has 3 rings (SSSR count). The summed E-state index contributed by atoms with van der Waals surface area (Å²) in [6.45, 7) is 1.40. The van der Waals surface area contributed by atoms with Gasteiger partial charge in [0.1, 0.15) is 19.0 Å². The first-order valence-electron chi connectivity index (χ1n) is 8.26. The van der Waals surface area contributed by atoms with Crippen molar-refractivity contribution in [2.75, 3.05) is 27.4 Å². The summed E-state index contributed by atoms with van der Waals surface area (Å²) in [5.74, 6) is 2.36. The van der Waals surface area contributed by atoms with Gasteiger partial charge in [-0.3, -0.25) is 4.79 Å². The standard InChI is InChI=1S/C20H21NO5/c1-23-16-5-3-4-15(10-16)13-21-19(22)7-6-14-11-17(24-2)20-18(12-14)25-8-9-26-20/h3-7,10-12H,8-9,13H2,1-2H3,(H,21,22)/b7-6+. The Morgan fingerprint density at radius 3 is 2.81 bits per heavy atom. The third-order valence-corrected chi connectivity index (χ3v) is 3.88. The van der Waals surface area contributed by atoms with Crippen molar-refractivity contribution in [2.45, 2.75) is 6.54 Å². The average Bonchev–Trinajstić information content (AvgIpc) is 2.70. The molecule has 26 heavy (non-hydrogen) atoms. The second-order valence-electron chi connectivity index (χ2n) is 5.65. The van der Waals surface area contributed by atoms with Crippen molar-refractivity contribution in [3.8, 4) is 23.0 Å². The molecule has 0 atom stereocenters. The van der Waals surface area contributed by atoms with E-state index in [9.17, 15) is 4.79 Å². The van der Waals surface area contributed by atoms with Gasteiger partial charge in [-0.1, -0.05) is 12.1 Å². The highest BCUT2D eigenvalue weighted by Gasteiger charge is 2.17. The Kier molecular flexibility index (Phi) is 5.63. The van der Waals surface area contributed by atoms with Crippen LogP contribution in [0.5, 0.6) is 23.0 Å². The molecule has 1 aliphatic rings. The van der Waals surface area contributed by atoms with Gasteiger partial charge in [0.15, 0.2) is 11.5 Å². The molecular formula is C20H21NO5. The number of hydrogen-bond donors (Lipinski definition) is 1. The van der Waals surface area contributed by atoms with Crippen molar-refractivity contribution >= 4 is 12.0 Å². The van der Waals surface area contributed by atoms with Crippen LogP contribution in [0.15, 0.2) is 42.5 Å². The molecule has 0 aromatic heterocycles. The lowest BCUT2D eigenvalue weighted by Gasteiger charge is -2.20. The Balaban J connectivity index is 1.64. The predicted octanol–water partition coefficient (Wildman–Crippen LogP) is 2.80. The molecule has 0 bridgehead atoms. The summed E-state index contributed by atoms with van der Waals surface area (Å²) in [5, 5.41) is 2.84. The lowest BCUT2D eigenvalue weighted by Crippen LogP contribution is -2.20. The summed E-state index contributed by atoms with van der Waals surface area (Å²) in [7, 11) is 3.18. The highest BCUT2D eigenvalue weighted by molar-refractivity contribution is 5.91. The number of hydrogen-bond acceptors (Lipinski definition) is 5. The normalized spacial score (nSPS) is 12.7. The number of rotatable bonds is 6. The lowest BCUT2D eigenvalue weighted by molar-refractivity contribution is -0.116. The molecule has 2 aromatic carbocycles. The maximum atomic E-state index is 12.1. The van der Waals surface area contributed by atoms with E-state index in [0.717, 1.165) is 16.9 Å². The molecule has 0 radical (unpaired) electrons. The number of ether oxygens (including phenoxy) is 4. The van der Waals surface area contributed by atoms with E-state index < -0.39 is 0 Å². The van der Waals surface area contributed by atoms with Gasteiger partial charge in [0.2, 0.25) is 11.7 Å². The molecule has 0 saturated carbocycles. The summed E-state index contributed by atoms with van der Waals surface area (Å²) < 4.78 is 21.7. The van der Waals surface area contributed by atoms with E-state index in [0.29, 0.717) is 37.0 Å². The topological polar surface area (TPSA) is 66.0 Å². The molecule has 136 valence electrons. The molecule has 0 aliphatic carbocycles. The monoisotopic (exact) mass is 355 g/mol. The molecule has 1 aliphatic heterocycles. The van der Waals surface area contributed by atoms with Crippen molar-refractivity contribution in [3.63, 3.8) is 0 Å². The number of carbonyl (C=O) groups is 1. The van der Waals surface area contributed by atoms with Crippen LogP contribution < -0.4 is 24.3 Å². The Labute approximate surface area is 152 Å². The fourth-order valence-corrected chi connectivity index (χ4v) is 2.59. The van der Waals surface area contributed by atoms with E-state index in [1.54, 1.807) is 26.4 Å². The van der Waals surface area contributed by atoms with Gasteiger partial charge in [-0.15, -0.1) is 0 Å². The highest BCUT2D eigenvalue weighted by Crippen LogP contribution is 2.40. The van der Waals surface area contributed by atoms with Gasteiger partial charge in [0.25, 0.3) is 0 Å². The number of methoxy groups -OCH3 is 2. The Morgan fingerprint density at radius 1 is 1.15 bits per heavy atom. The van der Waals surface area contributed by atoms with Gasteiger partial charge in [-0.05, 0) is 41.5 Å². The zero-order chi connectivity index (χ0) is 18.4. The van der Waals surface area contributed by atoms with Crippen molar-refractivity contribution in [1.29, 1.82) is 0 Å². The quantitative estimate of drug-likeness (QED) is 0.807. The third-order valence-electron chi connectivity index (χ3n) is 3.88. The molecule has 1 amide bonds. The smallest absolute Gasteiger partial charge is 0.244 e. The van der Waals surface area contributed by atoms with Crippen LogP contribution in [-0.2, 0) is 11.3 Å². The van der Waals surface area contributed by atoms with Crippen LogP contribution in [0.1, 0.15) is 11.1 Å². The van der Waals surface area contributed by atoms with Crippen molar-refractivity contribution < 1.29 is 23.7 Å². The molecule has 1 heterocycles. The second kappa shape index (κ2) is 8.29. The molecule has 2 aromatic rings. The Morgan fingerprint density at radius 2 is 2.00 bits per heavy atom. The highest BCUT2D eigenvalue weighted by atomic mass is 16.6. The fourth-order valence-electron chi connectivity index (χ4n) is 2.59. The van der Waals surface area contributed by atoms with Crippen molar-refractivity contribution in [3.05, 3.63) is 53.6 Å². The largest absolute Gasteiger partial charge is 0.497 e. The molecule has 0 unspecified atom stereocenters. The number of nitrogens with one attached hydrogen (secondary N) is 1. The van der Waals surface area contributed by atoms with Gasteiger partial charge in [0.05, 0.1) is 14.2 Å². The molecule has 0 saturated heterocycles. The van der Waals surface area contributed by atoms with Crippen LogP contribution in [0.2, 0.25) is 0 Å². The average molecular weight is 355 g/mol. The van der Waals surface area contributed by atoms with E-state index in [4.69, 9.17) is 18.9 Å². The third kappa shape index (κ3) is 4.27. The molecule has 6 nitrogen and oxygen atoms in total. The van der Waals surface area contributed by atoms with E-state index in [2.05, 4.69) is 5.32 Å². The van der Waals surface area contributed by atoms with Gasteiger partial charge < -0.3 is 24.3 Å². The molecule has 0 fully saturated rings. The van der Waals surface area contributed by atoms with Gasteiger partial charge in [0, 0.05) is 12.6 Å². The zero-order valence-electron chi connectivity index (χ0n) is 14.8. The van der Waals surface area contributed by atoms with Crippen molar-refractivity contribution in [1.82, 2.24) is 5.32 Å². The first-order valence-corrected chi connectivity index (χ1v) is 8.26. The Bertz CT molecular complexity index is 799. The van der Waals surface area contributed by atoms with Crippen LogP contribution in [0.3, 0.4) is 0 Å². The summed E-state index contributed by atoms with van der Waals surface area (Å²) in [5.41, 5.74) is 1.76. The van der Waals surface area contributed by atoms with E-state index in [1.165, 1.54) is 6.08 Å². The molecule has 1 N–H and O–H groups in total. The van der Waals surface area contributed by atoms with Gasteiger partial charge in [-0.25, -0.2) is 0 Å². The number of benzene rings is 2. The zero-order valence-corrected chi connectivity index (χ0v) is 14.8. The van der Waals surface area contributed by atoms with Gasteiger partial charge >= 0.3 is 0 Å². The summed E-state index contributed by atoms with van der Waals surface area (Å²) >= 11 is 0. The minimum Gasteiger partial charge on any atom is -0.497 e. The van der Waals surface area contributed by atoms with Crippen LogP contribution >= 0.6 is 0 Å². The molecular weight excluding hydrogens is 334 g/mol. The predicted molar refractivity (Wildman–Crippen MR) is 97.9 cm³/mol. The summed E-state index contributed by atoms with van der Waals surface area (Å²) in [6.07, 6.45) is 3.19. The van der Waals surface area contributed by atoms with E-state index >= 15 is 0 Å². The first-order chi connectivity index (χ1) is 12.7. The van der Waals surface area contributed by atoms with Crippen molar-refractivity contribution in [2.24, 2.45) is 0 Å². The minimum absolute atomic E-state index is 0.193. The summed E-state index contributed by atoms with van der Waals surface area (Å²) in [6, 6.07) is 11.2. The molecule has 6 heteroatoms. The summed E-state index contributed by atoms with van der Waals surface area (Å²) in [4.78, 5) is 12.1.